The van der Waals surface area contributed by atoms with E-state index in [-0.39, 0.29) is 17.5 Å². The number of carbonyl (C=O) groups excluding carboxylic acids is 1. The molecule has 3 N–H and O–H groups in total. The summed E-state index contributed by atoms with van der Waals surface area (Å²) in [7, 11) is 2.01. The van der Waals surface area contributed by atoms with Crippen molar-refractivity contribution in [3.8, 4) is 0 Å². The van der Waals surface area contributed by atoms with Crippen LogP contribution in [0, 0.1) is 0 Å². The molecule has 0 aromatic heterocycles. The van der Waals surface area contributed by atoms with Crippen LogP contribution in [-0.2, 0) is 4.79 Å². The van der Waals surface area contributed by atoms with E-state index in [4.69, 9.17) is 5.73 Å². The van der Waals surface area contributed by atoms with Crippen LogP contribution in [0.5, 0.6) is 0 Å². The van der Waals surface area contributed by atoms with Crippen LogP contribution < -0.4 is 11.1 Å². The van der Waals surface area contributed by atoms with Gasteiger partial charge in [-0.25, -0.2) is 0 Å². The van der Waals surface area contributed by atoms with Crippen LogP contribution >= 0.6 is 0 Å². The summed E-state index contributed by atoms with van der Waals surface area (Å²) < 4.78 is 0. The van der Waals surface area contributed by atoms with Gasteiger partial charge in [-0.05, 0) is 40.3 Å². The van der Waals surface area contributed by atoms with Crippen molar-refractivity contribution in [3.63, 3.8) is 0 Å². The first kappa shape index (κ1) is 12.5. The average molecular weight is 213 g/mol. The van der Waals surface area contributed by atoms with Gasteiger partial charge >= 0.3 is 0 Å². The average Bonchev–Trinajstić information content (AvgIpc) is 2.14. The number of hydrogen-bond donors (Lipinski definition) is 2. The minimum atomic E-state index is -0.330. The first-order valence-electron chi connectivity index (χ1n) is 5.67. The molecule has 0 aromatic carbocycles. The fourth-order valence-electron chi connectivity index (χ4n) is 1.84. The van der Waals surface area contributed by atoms with Crippen molar-refractivity contribution in [3.05, 3.63) is 0 Å². The van der Waals surface area contributed by atoms with Gasteiger partial charge in [-0.1, -0.05) is 6.42 Å². The fraction of sp³-hybridized carbons (Fsp3) is 0.909. The Morgan fingerprint density at radius 3 is 2.73 bits per heavy atom. The predicted octanol–water partition coefficient (Wildman–Crippen LogP) is 0.324. The molecule has 1 heterocycles. The zero-order valence-electron chi connectivity index (χ0n) is 10.0. The van der Waals surface area contributed by atoms with Crippen LogP contribution in [-0.4, -0.2) is 42.5 Å². The lowest BCUT2D eigenvalue weighted by molar-refractivity contribution is -0.127. The van der Waals surface area contributed by atoms with Crippen LogP contribution in [0.3, 0.4) is 0 Å². The molecule has 4 nitrogen and oxygen atoms in total. The van der Waals surface area contributed by atoms with Gasteiger partial charge in [0, 0.05) is 12.1 Å². The number of hydrogen-bond acceptors (Lipinski definition) is 3. The molecule has 4 heteroatoms. The maximum absolute atomic E-state index is 11.8. The summed E-state index contributed by atoms with van der Waals surface area (Å²) in [6, 6.07) is 0.0427. The second-order valence-electron chi connectivity index (χ2n) is 5.20. The number of nitrogens with two attached hydrogens (primary N) is 1. The van der Waals surface area contributed by atoms with E-state index in [1.54, 1.807) is 0 Å². The molecule has 1 rings (SSSR count). The first-order chi connectivity index (χ1) is 6.90. The van der Waals surface area contributed by atoms with Crippen molar-refractivity contribution in [2.45, 2.75) is 44.7 Å². The highest BCUT2D eigenvalue weighted by Gasteiger charge is 2.26. The van der Waals surface area contributed by atoms with E-state index in [9.17, 15) is 4.79 Å². The molecule has 0 saturated carbocycles. The second kappa shape index (κ2) is 4.94. The molecule has 0 spiro atoms. The number of amides is 1. The molecule has 88 valence electrons. The van der Waals surface area contributed by atoms with E-state index >= 15 is 0 Å². The van der Waals surface area contributed by atoms with Gasteiger partial charge in [-0.2, -0.15) is 0 Å². The lowest BCUT2D eigenvalue weighted by Crippen LogP contribution is -2.52. The Bertz CT molecular complexity index is 222. The number of piperidine rings is 1. The van der Waals surface area contributed by atoms with Crippen molar-refractivity contribution >= 4 is 5.91 Å². The first-order valence-corrected chi connectivity index (χ1v) is 5.67. The minimum Gasteiger partial charge on any atom is -0.353 e. The molecule has 1 unspecified atom stereocenters. The molecule has 0 aliphatic carbocycles. The van der Waals surface area contributed by atoms with E-state index in [1.807, 2.05) is 20.9 Å². The lowest BCUT2D eigenvalue weighted by Gasteiger charge is -2.32. The molecule has 1 amide bonds. The van der Waals surface area contributed by atoms with Crippen LogP contribution in [0.1, 0.15) is 33.1 Å². The summed E-state index contributed by atoms with van der Waals surface area (Å²) in [5, 5.41) is 2.92. The molecule has 1 aliphatic rings. The molecular weight excluding hydrogens is 190 g/mol. The van der Waals surface area contributed by atoms with Gasteiger partial charge in [0.2, 0.25) is 5.91 Å². The predicted molar refractivity (Wildman–Crippen MR) is 61.5 cm³/mol. The largest absolute Gasteiger partial charge is 0.353 e. The topological polar surface area (TPSA) is 58.4 Å². The summed E-state index contributed by atoms with van der Waals surface area (Å²) in [5.74, 6) is 0.121. The minimum absolute atomic E-state index is 0.0427. The molecule has 15 heavy (non-hydrogen) atoms. The summed E-state index contributed by atoms with van der Waals surface area (Å²) in [5.41, 5.74) is 5.49. The fourth-order valence-corrected chi connectivity index (χ4v) is 1.84. The highest BCUT2D eigenvalue weighted by molar-refractivity contribution is 5.81. The van der Waals surface area contributed by atoms with Crippen molar-refractivity contribution < 1.29 is 4.79 Å². The van der Waals surface area contributed by atoms with Gasteiger partial charge in [0.05, 0.1) is 6.04 Å². The standard InChI is InChI=1S/C11H23N3O/c1-11(2,12)8-13-10(15)9-6-4-5-7-14(9)3/h9H,4-8,12H2,1-3H3,(H,13,15). The van der Waals surface area contributed by atoms with E-state index in [0.29, 0.717) is 6.54 Å². The van der Waals surface area contributed by atoms with Crippen molar-refractivity contribution in [2.75, 3.05) is 20.1 Å². The van der Waals surface area contributed by atoms with E-state index < -0.39 is 0 Å². The summed E-state index contributed by atoms with van der Waals surface area (Å²) in [6.07, 6.45) is 3.31. The monoisotopic (exact) mass is 213 g/mol. The molecular formula is C11H23N3O. The van der Waals surface area contributed by atoms with Gasteiger partial charge in [0.15, 0.2) is 0 Å². The van der Waals surface area contributed by atoms with Gasteiger partial charge < -0.3 is 11.1 Å². The van der Waals surface area contributed by atoms with Crippen molar-refractivity contribution in [2.24, 2.45) is 5.73 Å². The highest BCUT2D eigenvalue weighted by Crippen LogP contribution is 2.14. The number of rotatable bonds is 3. The van der Waals surface area contributed by atoms with E-state index in [2.05, 4.69) is 10.2 Å². The third kappa shape index (κ3) is 4.18. The van der Waals surface area contributed by atoms with Crippen molar-refractivity contribution in [1.82, 2.24) is 10.2 Å². The van der Waals surface area contributed by atoms with Gasteiger partial charge in [0.25, 0.3) is 0 Å². The molecule has 1 aliphatic heterocycles. The quantitative estimate of drug-likeness (QED) is 0.710. The number of nitrogens with one attached hydrogen (secondary N) is 1. The maximum Gasteiger partial charge on any atom is 0.237 e. The summed E-state index contributed by atoms with van der Waals surface area (Å²) >= 11 is 0. The van der Waals surface area contributed by atoms with Crippen molar-refractivity contribution in [1.29, 1.82) is 0 Å². The Balaban J connectivity index is 2.39. The normalized spacial score (nSPS) is 23.9. The molecule has 0 radical (unpaired) electrons. The zero-order valence-corrected chi connectivity index (χ0v) is 10.0. The maximum atomic E-state index is 11.8. The third-order valence-electron chi connectivity index (χ3n) is 2.79. The highest BCUT2D eigenvalue weighted by atomic mass is 16.2. The zero-order chi connectivity index (χ0) is 11.5. The molecule has 0 bridgehead atoms. The third-order valence-corrected chi connectivity index (χ3v) is 2.79. The second-order valence-corrected chi connectivity index (χ2v) is 5.20. The Morgan fingerprint density at radius 2 is 2.20 bits per heavy atom. The van der Waals surface area contributed by atoms with Gasteiger partial charge in [-0.15, -0.1) is 0 Å². The Labute approximate surface area is 92.2 Å². The molecule has 1 atom stereocenters. The van der Waals surface area contributed by atoms with E-state index in [1.165, 1.54) is 6.42 Å². The lowest BCUT2D eigenvalue weighted by atomic mass is 10.0. The number of likely N-dealkylation sites (N-methyl/N-ethyl adjacent to an activating group) is 1. The Morgan fingerprint density at radius 1 is 1.53 bits per heavy atom. The molecule has 1 fully saturated rings. The van der Waals surface area contributed by atoms with Gasteiger partial charge in [0.1, 0.15) is 0 Å². The summed E-state index contributed by atoms with van der Waals surface area (Å²) in [4.78, 5) is 14.0. The smallest absolute Gasteiger partial charge is 0.237 e. The summed E-state index contributed by atoms with van der Waals surface area (Å²) in [6.45, 7) is 5.38. The molecule has 0 aromatic rings. The van der Waals surface area contributed by atoms with Crippen LogP contribution in [0.25, 0.3) is 0 Å². The Kier molecular flexibility index (Phi) is 4.11. The van der Waals surface area contributed by atoms with Gasteiger partial charge in [-0.3, -0.25) is 9.69 Å². The number of carbonyl (C=O) groups is 1. The van der Waals surface area contributed by atoms with Crippen LogP contribution in [0.4, 0.5) is 0 Å². The SMILES string of the molecule is CN1CCCCC1C(=O)NCC(C)(C)N. The van der Waals surface area contributed by atoms with Crippen LogP contribution in [0.15, 0.2) is 0 Å². The Hall–Kier alpha value is -0.610. The number of likely N-dealkylation sites (tertiary alicyclic amines) is 1. The number of nitrogens with zero attached hydrogens (tertiary/aromatic N) is 1. The molecule has 1 saturated heterocycles. The van der Waals surface area contributed by atoms with E-state index in [0.717, 1.165) is 19.4 Å². The van der Waals surface area contributed by atoms with Crippen LogP contribution in [0.2, 0.25) is 0 Å².